The van der Waals surface area contributed by atoms with E-state index >= 15 is 0 Å². The molecular weight excluding hydrogens is 308 g/mol. The smallest absolute Gasteiger partial charge is 0.324 e. The Morgan fingerprint density at radius 1 is 1.13 bits per heavy atom. The van der Waals surface area contributed by atoms with Crippen LogP contribution in [0.5, 0.6) is 0 Å². The van der Waals surface area contributed by atoms with E-state index < -0.39 is 16.4 Å². The average molecular weight is 326 g/mol. The number of benzene rings is 2. The number of carbonyl (C=O) groups excluding carboxylic acids is 1. The average Bonchev–Trinajstić information content (AvgIpc) is 2.82. The highest BCUT2D eigenvalue weighted by atomic mass is 32.2. The number of aliphatic imine (C=N–C) groups is 1. The summed E-state index contributed by atoms with van der Waals surface area (Å²) >= 11 is -1.42. The standard InChI is InChI=1S/C18H18N2O2S/c1-13-7-10-15(11-8-13)19-18-20-17(21)16(23(18)22)12-9-14-5-3-2-4-6-14/h2-8,10-11,16H,9,12H2,1H3,(H,19,20,21). The lowest BCUT2D eigenvalue weighted by atomic mass is 10.1. The number of hydrogen-bond acceptors (Lipinski definition) is 3. The lowest BCUT2D eigenvalue weighted by Gasteiger charge is -2.10. The van der Waals surface area contributed by atoms with Crippen LogP contribution in [0, 0.1) is 6.92 Å². The molecule has 1 saturated heterocycles. The minimum absolute atomic E-state index is 0.204. The van der Waals surface area contributed by atoms with Gasteiger partial charge in [0.15, 0.2) is 0 Å². The van der Waals surface area contributed by atoms with E-state index in [0.717, 1.165) is 17.5 Å². The van der Waals surface area contributed by atoms with Gasteiger partial charge in [-0.15, -0.1) is 0 Å². The second kappa shape index (κ2) is 6.98. The summed E-state index contributed by atoms with van der Waals surface area (Å²) in [7, 11) is 0. The van der Waals surface area contributed by atoms with Crippen molar-refractivity contribution in [2.24, 2.45) is 4.99 Å². The Morgan fingerprint density at radius 2 is 1.83 bits per heavy atom. The summed E-state index contributed by atoms with van der Waals surface area (Å²) in [5.41, 5.74) is 2.97. The maximum Gasteiger partial charge on any atom is 0.324 e. The second-order valence-corrected chi connectivity index (χ2v) is 7.10. The third kappa shape index (κ3) is 3.81. The number of hydrogen-bond donors (Lipinski definition) is 1. The van der Waals surface area contributed by atoms with Gasteiger partial charge in [-0.1, -0.05) is 48.0 Å². The fourth-order valence-corrected chi connectivity index (χ4v) is 3.71. The number of rotatable bonds is 4. The molecule has 2 unspecified atom stereocenters. The zero-order valence-electron chi connectivity index (χ0n) is 12.9. The van der Waals surface area contributed by atoms with E-state index in [2.05, 4.69) is 10.3 Å². The fourth-order valence-electron chi connectivity index (χ4n) is 2.46. The number of aryl methyl sites for hydroxylation is 2. The summed E-state index contributed by atoms with van der Waals surface area (Å²) in [5, 5.41) is 2.40. The van der Waals surface area contributed by atoms with Gasteiger partial charge in [-0.3, -0.25) is 10.1 Å². The molecule has 4 nitrogen and oxygen atoms in total. The lowest BCUT2D eigenvalue weighted by molar-refractivity contribution is -0.118. The molecule has 0 radical (unpaired) electrons. The van der Waals surface area contributed by atoms with Gasteiger partial charge in [-0.2, -0.15) is 4.99 Å². The van der Waals surface area contributed by atoms with E-state index in [0.29, 0.717) is 12.1 Å². The summed E-state index contributed by atoms with van der Waals surface area (Å²) in [6.45, 7) is 1.99. The van der Waals surface area contributed by atoms with Gasteiger partial charge in [0, 0.05) is 17.6 Å². The molecule has 0 aromatic heterocycles. The normalized spacial score (nSPS) is 22.3. The topological polar surface area (TPSA) is 64.5 Å². The Bertz CT molecular complexity index is 714. The minimum atomic E-state index is -1.42. The van der Waals surface area contributed by atoms with Gasteiger partial charge in [0.1, 0.15) is 0 Å². The van der Waals surface area contributed by atoms with Crippen LogP contribution in [0.4, 0.5) is 5.69 Å². The maximum absolute atomic E-state index is 12.5. The van der Waals surface area contributed by atoms with Crippen LogP contribution in [0.1, 0.15) is 17.5 Å². The summed E-state index contributed by atoms with van der Waals surface area (Å²) in [5.74, 6) is -0.204. The SMILES string of the molecule is Cc1ccc(/N=C2/NC(=O)C(CCc3ccccc3)[S+]2[O-])cc1. The number of amidine groups is 1. The highest BCUT2D eigenvalue weighted by Crippen LogP contribution is 2.21. The van der Waals surface area contributed by atoms with Crippen molar-refractivity contribution >= 4 is 27.9 Å². The van der Waals surface area contributed by atoms with Gasteiger partial charge in [0.25, 0.3) is 5.91 Å². The Kier molecular flexibility index (Phi) is 4.79. The predicted molar refractivity (Wildman–Crippen MR) is 93.1 cm³/mol. The van der Waals surface area contributed by atoms with Gasteiger partial charge in [-0.05, 0) is 31.0 Å². The molecule has 0 saturated carbocycles. The maximum atomic E-state index is 12.5. The van der Waals surface area contributed by atoms with Crippen molar-refractivity contribution in [2.75, 3.05) is 0 Å². The third-order valence-electron chi connectivity index (χ3n) is 3.77. The first-order valence-electron chi connectivity index (χ1n) is 7.54. The number of nitrogens with zero attached hydrogens (tertiary/aromatic N) is 1. The Hall–Kier alpha value is -2.11. The van der Waals surface area contributed by atoms with Crippen molar-refractivity contribution in [2.45, 2.75) is 25.0 Å². The molecule has 2 atom stereocenters. The quantitative estimate of drug-likeness (QED) is 0.878. The Labute approximate surface area is 138 Å². The van der Waals surface area contributed by atoms with E-state index in [9.17, 15) is 9.35 Å². The van der Waals surface area contributed by atoms with Crippen molar-refractivity contribution in [3.63, 3.8) is 0 Å². The molecule has 1 amide bonds. The molecule has 3 rings (SSSR count). The summed E-state index contributed by atoms with van der Waals surface area (Å²) in [6.07, 6.45) is 1.28. The molecule has 1 N–H and O–H groups in total. The van der Waals surface area contributed by atoms with Crippen LogP contribution in [0.25, 0.3) is 0 Å². The molecule has 2 aromatic rings. The molecular formula is C18H18N2O2S. The molecule has 0 aliphatic carbocycles. The van der Waals surface area contributed by atoms with Crippen LogP contribution in [0.2, 0.25) is 0 Å². The first kappa shape index (κ1) is 15.8. The van der Waals surface area contributed by atoms with E-state index in [1.54, 1.807) is 0 Å². The van der Waals surface area contributed by atoms with Crippen molar-refractivity contribution in [3.8, 4) is 0 Å². The molecule has 0 spiro atoms. The van der Waals surface area contributed by atoms with E-state index in [1.807, 2.05) is 61.5 Å². The van der Waals surface area contributed by atoms with Crippen molar-refractivity contribution in [3.05, 3.63) is 65.7 Å². The van der Waals surface area contributed by atoms with Gasteiger partial charge < -0.3 is 4.55 Å². The van der Waals surface area contributed by atoms with Crippen LogP contribution in [-0.4, -0.2) is 20.9 Å². The van der Waals surface area contributed by atoms with Crippen LogP contribution < -0.4 is 5.32 Å². The molecule has 2 aromatic carbocycles. The fraction of sp³-hybridized carbons (Fsp3) is 0.222. The second-order valence-electron chi connectivity index (χ2n) is 5.55. The monoisotopic (exact) mass is 326 g/mol. The van der Waals surface area contributed by atoms with E-state index in [4.69, 9.17) is 0 Å². The van der Waals surface area contributed by atoms with E-state index in [1.165, 1.54) is 0 Å². The highest BCUT2D eigenvalue weighted by molar-refractivity contribution is 8.08. The first-order valence-corrected chi connectivity index (χ1v) is 8.75. The van der Waals surface area contributed by atoms with E-state index in [-0.39, 0.29) is 11.1 Å². The van der Waals surface area contributed by atoms with Crippen molar-refractivity contribution in [1.82, 2.24) is 5.32 Å². The lowest BCUT2D eigenvalue weighted by Crippen LogP contribution is -2.26. The number of carbonyl (C=O) groups is 1. The zero-order valence-corrected chi connectivity index (χ0v) is 13.7. The molecule has 118 valence electrons. The summed E-state index contributed by atoms with van der Waals surface area (Å²) < 4.78 is 12.5. The summed E-state index contributed by atoms with van der Waals surface area (Å²) in [6, 6.07) is 17.5. The Balaban J connectivity index is 1.69. The molecule has 23 heavy (non-hydrogen) atoms. The number of nitrogens with one attached hydrogen (secondary N) is 1. The first-order chi connectivity index (χ1) is 11.1. The molecule has 1 heterocycles. The molecule has 5 heteroatoms. The van der Waals surface area contributed by atoms with Crippen LogP contribution in [0.15, 0.2) is 59.6 Å². The van der Waals surface area contributed by atoms with Crippen LogP contribution in [0.3, 0.4) is 0 Å². The zero-order chi connectivity index (χ0) is 16.2. The number of amides is 1. The minimum Gasteiger partial charge on any atom is -0.608 e. The van der Waals surface area contributed by atoms with Crippen molar-refractivity contribution in [1.29, 1.82) is 0 Å². The van der Waals surface area contributed by atoms with Gasteiger partial charge >= 0.3 is 5.17 Å². The van der Waals surface area contributed by atoms with Gasteiger partial charge in [0.2, 0.25) is 5.25 Å². The van der Waals surface area contributed by atoms with Crippen LogP contribution in [-0.2, 0) is 22.4 Å². The molecule has 0 bridgehead atoms. The van der Waals surface area contributed by atoms with Crippen LogP contribution >= 0.6 is 0 Å². The summed E-state index contributed by atoms with van der Waals surface area (Å²) in [4.78, 5) is 16.4. The third-order valence-corrected chi connectivity index (χ3v) is 5.32. The van der Waals surface area contributed by atoms with Gasteiger partial charge in [-0.25, -0.2) is 0 Å². The Morgan fingerprint density at radius 3 is 2.52 bits per heavy atom. The molecule has 1 fully saturated rings. The predicted octanol–water partition coefficient (Wildman–Crippen LogP) is 2.86. The highest BCUT2D eigenvalue weighted by Gasteiger charge is 2.43. The van der Waals surface area contributed by atoms with Gasteiger partial charge in [0.05, 0.1) is 5.69 Å². The largest absolute Gasteiger partial charge is 0.608 e. The van der Waals surface area contributed by atoms with Crippen molar-refractivity contribution < 1.29 is 9.35 Å². The molecule has 1 aliphatic heterocycles. The molecule has 1 aliphatic rings.